The van der Waals surface area contributed by atoms with Crippen LogP contribution in [-0.2, 0) is 14.3 Å². The molecule has 1 aliphatic rings. The van der Waals surface area contributed by atoms with Crippen molar-refractivity contribution in [3.8, 4) is 0 Å². The Balaban J connectivity index is 2.46. The fourth-order valence-corrected chi connectivity index (χ4v) is 2.53. The lowest BCUT2D eigenvalue weighted by Crippen LogP contribution is -2.39. The second-order valence-electron chi connectivity index (χ2n) is 5.90. The molecule has 0 aromatic rings. The van der Waals surface area contributed by atoms with E-state index in [1.165, 1.54) is 5.57 Å². The third-order valence-electron chi connectivity index (χ3n) is 3.79. The summed E-state index contributed by atoms with van der Waals surface area (Å²) >= 11 is 0. The van der Waals surface area contributed by atoms with Crippen LogP contribution in [-0.4, -0.2) is 24.8 Å². The monoisotopic (exact) mass is 268 g/mol. The number of ether oxygens (including phenoxy) is 2. The standard InChI is InChI=1S/C16H28O3/c1-6-7-8-18-15(17)10-14-9-12(4)13(5)16(19-14)11(2)3/h11,13-14,16H,4,6-10H2,1-3,5H3/t13-,14+,16+/m1/s1. The highest BCUT2D eigenvalue weighted by Gasteiger charge is 2.33. The second kappa shape index (κ2) is 7.68. The Bertz CT molecular complexity index is 309. The van der Waals surface area contributed by atoms with E-state index >= 15 is 0 Å². The van der Waals surface area contributed by atoms with E-state index in [-0.39, 0.29) is 18.2 Å². The quantitative estimate of drug-likeness (QED) is 0.418. The molecule has 3 nitrogen and oxygen atoms in total. The molecule has 0 saturated carbocycles. The van der Waals surface area contributed by atoms with Crippen LogP contribution in [0.5, 0.6) is 0 Å². The van der Waals surface area contributed by atoms with Crippen molar-refractivity contribution in [1.29, 1.82) is 0 Å². The lowest BCUT2D eigenvalue weighted by atomic mass is 9.83. The maximum atomic E-state index is 11.7. The highest BCUT2D eigenvalue weighted by atomic mass is 16.5. The van der Waals surface area contributed by atoms with Crippen LogP contribution in [0.4, 0.5) is 0 Å². The summed E-state index contributed by atoms with van der Waals surface area (Å²) in [4.78, 5) is 11.7. The highest BCUT2D eigenvalue weighted by Crippen LogP contribution is 2.33. The first-order chi connectivity index (χ1) is 8.95. The lowest BCUT2D eigenvalue weighted by molar-refractivity contribution is -0.151. The zero-order chi connectivity index (χ0) is 14.4. The van der Waals surface area contributed by atoms with Crippen LogP contribution in [0.1, 0.15) is 53.4 Å². The first-order valence-corrected chi connectivity index (χ1v) is 7.44. The van der Waals surface area contributed by atoms with Crippen LogP contribution in [0, 0.1) is 11.8 Å². The third-order valence-corrected chi connectivity index (χ3v) is 3.79. The van der Waals surface area contributed by atoms with Crippen molar-refractivity contribution in [3.05, 3.63) is 12.2 Å². The summed E-state index contributed by atoms with van der Waals surface area (Å²) in [5, 5.41) is 0. The predicted molar refractivity (Wildman–Crippen MR) is 76.9 cm³/mol. The molecule has 1 saturated heterocycles. The van der Waals surface area contributed by atoms with E-state index in [2.05, 4.69) is 34.3 Å². The van der Waals surface area contributed by atoms with Crippen LogP contribution < -0.4 is 0 Å². The van der Waals surface area contributed by atoms with Crippen LogP contribution in [0.15, 0.2) is 12.2 Å². The molecule has 1 rings (SSSR count). The molecule has 0 aromatic heterocycles. The first-order valence-electron chi connectivity index (χ1n) is 7.44. The van der Waals surface area contributed by atoms with E-state index < -0.39 is 0 Å². The van der Waals surface area contributed by atoms with Crippen molar-refractivity contribution < 1.29 is 14.3 Å². The smallest absolute Gasteiger partial charge is 0.308 e. The molecule has 0 aliphatic carbocycles. The van der Waals surface area contributed by atoms with E-state index in [0.717, 1.165) is 19.3 Å². The van der Waals surface area contributed by atoms with Gasteiger partial charge in [-0.05, 0) is 18.8 Å². The van der Waals surface area contributed by atoms with Gasteiger partial charge < -0.3 is 9.47 Å². The number of unbranched alkanes of at least 4 members (excludes halogenated alkanes) is 1. The Morgan fingerprint density at radius 1 is 1.53 bits per heavy atom. The van der Waals surface area contributed by atoms with Gasteiger partial charge in [-0.25, -0.2) is 0 Å². The molecular formula is C16H28O3. The molecule has 0 radical (unpaired) electrons. The van der Waals surface area contributed by atoms with Gasteiger partial charge in [0.1, 0.15) is 0 Å². The summed E-state index contributed by atoms with van der Waals surface area (Å²) in [7, 11) is 0. The Hall–Kier alpha value is -0.830. The highest BCUT2D eigenvalue weighted by molar-refractivity contribution is 5.70. The number of rotatable bonds is 6. The van der Waals surface area contributed by atoms with Crippen molar-refractivity contribution in [2.45, 2.75) is 65.6 Å². The molecule has 19 heavy (non-hydrogen) atoms. The summed E-state index contributed by atoms with van der Waals surface area (Å²) in [6.07, 6.45) is 3.18. The predicted octanol–water partition coefficient (Wildman–Crippen LogP) is 3.73. The van der Waals surface area contributed by atoms with Crippen molar-refractivity contribution >= 4 is 5.97 Å². The van der Waals surface area contributed by atoms with Crippen LogP contribution in [0.25, 0.3) is 0 Å². The molecule has 3 atom stereocenters. The Morgan fingerprint density at radius 3 is 2.79 bits per heavy atom. The number of esters is 1. The third kappa shape index (κ3) is 4.98. The van der Waals surface area contributed by atoms with Crippen molar-refractivity contribution in [3.63, 3.8) is 0 Å². The van der Waals surface area contributed by atoms with Crippen molar-refractivity contribution in [2.75, 3.05) is 6.61 Å². The largest absolute Gasteiger partial charge is 0.466 e. The Labute approximate surface area is 117 Å². The van der Waals surface area contributed by atoms with Gasteiger partial charge in [0.05, 0.1) is 25.2 Å². The van der Waals surface area contributed by atoms with Crippen LogP contribution >= 0.6 is 0 Å². The zero-order valence-electron chi connectivity index (χ0n) is 12.8. The van der Waals surface area contributed by atoms with Gasteiger partial charge in [-0.1, -0.05) is 46.3 Å². The average molecular weight is 268 g/mol. The number of carbonyl (C=O) groups is 1. The van der Waals surface area contributed by atoms with E-state index in [9.17, 15) is 4.79 Å². The molecule has 1 fully saturated rings. The second-order valence-corrected chi connectivity index (χ2v) is 5.90. The van der Waals surface area contributed by atoms with Gasteiger partial charge in [-0.3, -0.25) is 4.79 Å². The van der Waals surface area contributed by atoms with Gasteiger partial charge in [0.25, 0.3) is 0 Å². The van der Waals surface area contributed by atoms with Crippen LogP contribution in [0.2, 0.25) is 0 Å². The maximum Gasteiger partial charge on any atom is 0.308 e. The minimum atomic E-state index is -0.150. The molecule has 0 unspecified atom stereocenters. The summed E-state index contributed by atoms with van der Waals surface area (Å²) in [6, 6.07) is 0. The first kappa shape index (κ1) is 16.2. The van der Waals surface area contributed by atoms with Gasteiger partial charge in [0.15, 0.2) is 0 Å². The van der Waals surface area contributed by atoms with Gasteiger partial charge in [0.2, 0.25) is 0 Å². The molecule has 0 amide bonds. The molecule has 1 aliphatic heterocycles. The zero-order valence-corrected chi connectivity index (χ0v) is 12.8. The Morgan fingerprint density at radius 2 is 2.21 bits per heavy atom. The van der Waals surface area contributed by atoms with Crippen molar-refractivity contribution in [2.24, 2.45) is 11.8 Å². The van der Waals surface area contributed by atoms with Gasteiger partial charge in [-0.2, -0.15) is 0 Å². The van der Waals surface area contributed by atoms with E-state index in [1.54, 1.807) is 0 Å². The summed E-state index contributed by atoms with van der Waals surface area (Å²) in [5.74, 6) is 0.654. The molecule has 110 valence electrons. The molecule has 1 heterocycles. The maximum absolute atomic E-state index is 11.7. The number of hydrogen-bond acceptors (Lipinski definition) is 3. The van der Waals surface area contributed by atoms with Gasteiger partial charge in [-0.15, -0.1) is 0 Å². The van der Waals surface area contributed by atoms with Crippen molar-refractivity contribution in [1.82, 2.24) is 0 Å². The fraction of sp³-hybridized carbons (Fsp3) is 0.812. The average Bonchev–Trinajstić information content (AvgIpc) is 2.33. The normalized spacial score (nSPS) is 27.6. The molecule has 0 bridgehead atoms. The molecule has 0 N–H and O–H groups in total. The topological polar surface area (TPSA) is 35.5 Å². The Kier molecular flexibility index (Phi) is 6.56. The number of carbonyl (C=O) groups excluding carboxylic acids is 1. The van der Waals surface area contributed by atoms with E-state index in [0.29, 0.717) is 24.9 Å². The minimum absolute atomic E-state index is 0.0646. The van der Waals surface area contributed by atoms with E-state index in [1.807, 2.05) is 0 Å². The van der Waals surface area contributed by atoms with Crippen LogP contribution in [0.3, 0.4) is 0 Å². The fourth-order valence-electron chi connectivity index (χ4n) is 2.53. The molecular weight excluding hydrogens is 240 g/mol. The molecule has 3 heteroatoms. The molecule has 0 spiro atoms. The summed E-state index contributed by atoms with van der Waals surface area (Å²) in [5.41, 5.74) is 1.19. The lowest BCUT2D eigenvalue weighted by Gasteiger charge is -2.38. The molecule has 0 aromatic carbocycles. The van der Waals surface area contributed by atoms with Gasteiger partial charge >= 0.3 is 5.97 Å². The minimum Gasteiger partial charge on any atom is -0.466 e. The SMILES string of the molecule is C=C1C[C@@H](CC(=O)OCCCC)O[C@@H](C(C)C)[C@@H]1C. The van der Waals surface area contributed by atoms with Gasteiger partial charge in [0, 0.05) is 5.92 Å². The summed E-state index contributed by atoms with van der Waals surface area (Å²) in [6.45, 7) is 13.2. The van der Waals surface area contributed by atoms with E-state index in [4.69, 9.17) is 9.47 Å². The summed E-state index contributed by atoms with van der Waals surface area (Å²) < 4.78 is 11.2. The number of hydrogen-bond donors (Lipinski definition) is 0.